The van der Waals surface area contributed by atoms with Gasteiger partial charge in [0, 0.05) is 20.6 Å². The third-order valence-corrected chi connectivity index (χ3v) is 3.85. The molecule has 4 nitrogen and oxygen atoms in total. The fourth-order valence-corrected chi connectivity index (χ4v) is 2.27. The lowest BCUT2D eigenvalue weighted by Gasteiger charge is -2.26. The van der Waals surface area contributed by atoms with Crippen molar-refractivity contribution in [3.8, 4) is 11.5 Å². The van der Waals surface area contributed by atoms with Crippen molar-refractivity contribution in [3.05, 3.63) is 59.7 Å². The zero-order valence-electron chi connectivity index (χ0n) is 14.2. The Bertz CT molecular complexity index is 606. The van der Waals surface area contributed by atoms with E-state index in [9.17, 15) is 0 Å². The first-order chi connectivity index (χ1) is 11.1. The molecule has 0 saturated carbocycles. The monoisotopic (exact) mass is 316 g/mol. The highest BCUT2D eigenvalue weighted by Crippen LogP contribution is 2.30. The predicted octanol–water partition coefficient (Wildman–Crippen LogP) is 3.83. The molecule has 0 unspecified atom stereocenters. The highest BCUT2D eigenvalue weighted by atomic mass is 16.7. The molecule has 0 bridgehead atoms. The van der Waals surface area contributed by atoms with E-state index >= 15 is 0 Å². The Kier molecular flexibility index (Phi) is 6.02. The minimum absolute atomic E-state index is 0.504. The first kappa shape index (κ1) is 17.3. The van der Waals surface area contributed by atoms with Gasteiger partial charge in [-0.2, -0.15) is 0 Å². The van der Waals surface area contributed by atoms with E-state index in [-0.39, 0.29) is 0 Å². The Morgan fingerprint density at radius 1 is 0.826 bits per heavy atom. The van der Waals surface area contributed by atoms with Crippen LogP contribution in [0.15, 0.2) is 48.5 Å². The van der Waals surface area contributed by atoms with Crippen LogP contribution < -0.4 is 9.47 Å². The average molecular weight is 316 g/mol. The Morgan fingerprint density at radius 3 is 2.13 bits per heavy atom. The summed E-state index contributed by atoms with van der Waals surface area (Å²) in [6.45, 7) is 2.41. The number of methoxy groups -OCH3 is 3. The molecule has 0 heterocycles. The van der Waals surface area contributed by atoms with Gasteiger partial charge in [0.2, 0.25) is 0 Å². The lowest BCUT2D eigenvalue weighted by Crippen LogP contribution is -2.32. The van der Waals surface area contributed by atoms with Crippen molar-refractivity contribution in [1.82, 2.24) is 0 Å². The van der Waals surface area contributed by atoms with Gasteiger partial charge in [-0.05, 0) is 30.2 Å². The van der Waals surface area contributed by atoms with Crippen LogP contribution in [0.5, 0.6) is 11.5 Å². The molecule has 0 spiro atoms. The van der Waals surface area contributed by atoms with E-state index in [0.717, 1.165) is 16.9 Å². The first-order valence-electron chi connectivity index (χ1n) is 7.54. The van der Waals surface area contributed by atoms with Gasteiger partial charge in [-0.1, -0.05) is 36.4 Å². The van der Waals surface area contributed by atoms with E-state index in [1.54, 1.807) is 21.3 Å². The molecule has 0 aliphatic rings. The van der Waals surface area contributed by atoms with Crippen LogP contribution in [0.3, 0.4) is 0 Å². The summed E-state index contributed by atoms with van der Waals surface area (Å²) in [5.74, 6) is 0.766. The van der Waals surface area contributed by atoms with E-state index in [4.69, 9.17) is 18.9 Å². The van der Waals surface area contributed by atoms with Gasteiger partial charge in [0.1, 0.15) is 6.61 Å². The second-order valence-electron chi connectivity index (χ2n) is 5.48. The summed E-state index contributed by atoms with van der Waals surface area (Å²) < 4.78 is 22.1. The van der Waals surface area contributed by atoms with Gasteiger partial charge in [0.15, 0.2) is 17.3 Å². The lowest BCUT2D eigenvalue weighted by molar-refractivity contribution is -0.191. The van der Waals surface area contributed by atoms with E-state index in [2.05, 4.69) is 0 Å². The molecule has 0 fully saturated rings. The fourth-order valence-electron chi connectivity index (χ4n) is 2.27. The third kappa shape index (κ3) is 4.71. The number of hydrogen-bond donors (Lipinski definition) is 0. The normalized spacial score (nSPS) is 11.3. The zero-order valence-corrected chi connectivity index (χ0v) is 14.2. The highest BCUT2D eigenvalue weighted by molar-refractivity contribution is 5.43. The molecule has 0 saturated heterocycles. The molecular weight excluding hydrogens is 292 g/mol. The molecule has 2 aromatic carbocycles. The van der Waals surface area contributed by atoms with Crippen LogP contribution in [0.25, 0.3) is 0 Å². The van der Waals surface area contributed by atoms with E-state index in [0.29, 0.717) is 18.8 Å². The largest absolute Gasteiger partial charge is 0.493 e. The number of rotatable bonds is 8. The van der Waals surface area contributed by atoms with E-state index < -0.39 is 5.79 Å². The van der Waals surface area contributed by atoms with Crippen LogP contribution in [0, 0.1) is 0 Å². The lowest BCUT2D eigenvalue weighted by atomic mass is 10.1. The van der Waals surface area contributed by atoms with Crippen molar-refractivity contribution in [2.45, 2.75) is 25.7 Å². The molecule has 23 heavy (non-hydrogen) atoms. The molecule has 2 rings (SSSR count). The molecule has 124 valence electrons. The molecular formula is C19H24O4. The second kappa shape index (κ2) is 7.99. The molecule has 0 radical (unpaired) electrons. The minimum Gasteiger partial charge on any atom is -0.493 e. The van der Waals surface area contributed by atoms with Crippen LogP contribution >= 0.6 is 0 Å². The summed E-state index contributed by atoms with van der Waals surface area (Å²) in [7, 11) is 4.91. The maximum absolute atomic E-state index is 5.86. The van der Waals surface area contributed by atoms with Crippen molar-refractivity contribution < 1.29 is 18.9 Å². The molecule has 0 aliphatic carbocycles. The maximum atomic E-state index is 5.86. The van der Waals surface area contributed by atoms with Crippen LogP contribution in [0.4, 0.5) is 0 Å². The molecule has 0 atom stereocenters. The third-order valence-electron chi connectivity index (χ3n) is 3.85. The zero-order chi connectivity index (χ0) is 16.7. The Balaban J connectivity index is 2.10. The van der Waals surface area contributed by atoms with Crippen LogP contribution in [0.1, 0.15) is 18.1 Å². The molecule has 0 N–H and O–H groups in total. The van der Waals surface area contributed by atoms with Gasteiger partial charge in [-0.15, -0.1) is 0 Å². The number of hydrogen-bond acceptors (Lipinski definition) is 4. The van der Waals surface area contributed by atoms with Crippen LogP contribution in [-0.2, 0) is 22.5 Å². The van der Waals surface area contributed by atoms with Gasteiger partial charge in [0.25, 0.3) is 0 Å². The summed E-state index contributed by atoms with van der Waals surface area (Å²) >= 11 is 0. The predicted molar refractivity (Wildman–Crippen MR) is 89.9 cm³/mol. The minimum atomic E-state index is -0.655. The molecule has 4 heteroatoms. The first-order valence-corrected chi connectivity index (χ1v) is 7.54. The number of ether oxygens (including phenoxy) is 4. The Hall–Kier alpha value is -2.04. The smallest absolute Gasteiger partial charge is 0.168 e. The van der Waals surface area contributed by atoms with Crippen molar-refractivity contribution in [2.75, 3.05) is 21.3 Å². The standard InChI is InChI=1S/C19H24O4/c1-19(21-3,22-4)13-16-10-11-17(18(12-16)20-2)23-14-15-8-6-5-7-9-15/h5-12H,13-14H2,1-4H3. The van der Waals surface area contributed by atoms with E-state index in [1.807, 2.05) is 55.5 Å². The summed E-state index contributed by atoms with van der Waals surface area (Å²) in [6.07, 6.45) is 0.620. The van der Waals surface area contributed by atoms with Gasteiger partial charge in [-0.3, -0.25) is 0 Å². The molecule has 0 amide bonds. The van der Waals surface area contributed by atoms with Gasteiger partial charge in [0.05, 0.1) is 7.11 Å². The maximum Gasteiger partial charge on any atom is 0.168 e. The quantitative estimate of drug-likeness (QED) is 0.694. The van der Waals surface area contributed by atoms with Gasteiger partial charge in [-0.25, -0.2) is 0 Å². The van der Waals surface area contributed by atoms with Crippen LogP contribution in [-0.4, -0.2) is 27.1 Å². The van der Waals surface area contributed by atoms with Crippen molar-refractivity contribution >= 4 is 0 Å². The van der Waals surface area contributed by atoms with Crippen LogP contribution in [0.2, 0.25) is 0 Å². The van der Waals surface area contributed by atoms with Crippen molar-refractivity contribution in [3.63, 3.8) is 0 Å². The van der Waals surface area contributed by atoms with Gasteiger partial charge < -0.3 is 18.9 Å². The average Bonchev–Trinajstić information content (AvgIpc) is 2.61. The Labute approximate surface area is 137 Å². The summed E-state index contributed by atoms with van der Waals surface area (Å²) in [6, 6.07) is 15.9. The Morgan fingerprint density at radius 2 is 1.52 bits per heavy atom. The molecule has 0 aliphatic heterocycles. The second-order valence-corrected chi connectivity index (χ2v) is 5.48. The topological polar surface area (TPSA) is 36.9 Å². The number of benzene rings is 2. The van der Waals surface area contributed by atoms with Gasteiger partial charge >= 0.3 is 0 Å². The van der Waals surface area contributed by atoms with Crippen molar-refractivity contribution in [2.24, 2.45) is 0 Å². The SMILES string of the molecule is COc1cc(CC(C)(OC)OC)ccc1OCc1ccccc1. The summed E-state index contributed by atoms with van der Waals surface area (Å²) in [5.41, 5.74) is 2.17. The molecule has 0 aromatic heterocycles. The summed E-state index contributed by atoms with van der Waals surface area (Å²) in [5, 5.41) is 0. The molecule has 2 aromatic rings. The van der Waals surface area contributed by atoms with Crippen molar-refractivity contribution in [1.29, 1.82) is 0 Å². The van der Waals surface area contributed by atoms with E-state index in [1.165, 1.54) is 0 Å². The fraction of sp³-hybridized carbons (Fsp3) is 0.368. The summed E-state index contributed by atoms with van der Waals surface area (Å²) in [4.78, 5) is 0. The highest BCUT2D eigenvalue weighted by Gasteiger charge is 2.23.